The molecule has 0 aliphatic carbocycles. The number of ether oxygens (including phenoxy) is 1. The van der Waals surface area contributed by atoms with Crippen LogP contribution in [0.3, 0.4) is 0 Å². The van der Waals surface area contributed by atoms with Gasteiger partial charge >= 0.3 is 6.09 Å². The molecular formula is C8H17NO3. The van der Waals surface area contributed by atoms with Crippen molar-refractivity contribution in [1.82, 2.24) is 5.32 Å². The summed E-state index contributed by atoms with van der Waals surface area (Å²) in [5.41, 5.74) is -0.164. The molecule has 12 heavy (non-hydrogen) atoms. The van der Waals surface area contributed by atoms with Gasteiger partial charge in [-0.1, -0.05) is 20.8 Å². The van der Waals surface area contributed by atoms with Crippen molar-refractivity contribution in [1.29, 1.82) is 0 Å². The van der Waals surface area contributed by atoms with E-state index in [-0.39, 0.29) is 18.1 Å². The standard InChI is InChI=1S/C8H17NO3/c1-8(2,3)6(5-10)9-7(11)12-4/h6,10H,5H2,1-4H3,(H,9,11)/t6-/m0/s1. The van der Waals surface area contributed by atoms with E-state index in [9.17, 15) is 4.79 Å². The van der Waals surface area contributed by atoms with Crippen molar-refractivity contribution in [2.24, 2.45) is 5.41 Å². The number of carbonyl (C=O) groups excluding carboxylic acids is 1. The fourth-order valence-corrected chi connectivity index (χ4v) is 0.737. The minimum absolute atomic E-state index is 0.0847. The molecule has 0 unspecified atom stereocenters. The number of carbonyl (C=O) groups is 1. The fourth-order valence-electron chi connectivity index (χ4n) is 0.737. The van der Waals surface area contributed by atoms with Gasteiger partial charge in [-0.05, 0) is 5.41 Å². The molecule has 1 atom stereocenters. The molecule has 0 radical (unpaired) electrons. The Kier molecular flexibility index (Phi) is 4.03. The average molecular weight is 175 g/mol. The first-order valence-electron chi connectivity index (χ1n) is 3.87. The lowest BCUT2D eigenvalue weighted by Gasteiger charge is -2.29. The monoisotopic (exact) mass is 175 g/mol. The number of rotatable bonds is 2. The smallest absolute Gasteiger partial charge is 0.407 e. The third-order valence-electron chi connectivity index (χ3n) is 1.71. The first-order chi connectivity index (χ1) is 5.41. The van der Waals surface area contributed by atoms with Gasteiger partial charge in [-0.15, -0.1) is 0 Å². The van der Waals surface area contributed by atoms with E-state index < -0.39 is 6.09 Å². The molecule has 4 nitrogen and oxygen atoms in total. The zero-order chi connectivity index (χ0) is 9.78. The maximum absolute atomic E-state index is 10.8. The molecule has 0 aromatic carbocycles. The molecule has 0 aromatic heterocycles. The molecule has 0 aliphatic heterocycles. The molecule has 0 fully saturated rings. The molecule has 0 aliphatic rings. The first-order valence-corrected chi connectivity index (χ1v) is 3.87. The number of aliphatic hydroxyl groups excluding tert-OH is 1. The van der Waals surface area contributed by atoms with Gasteiger partial charge in [0.05, 0.1) is 19.8 Å². The highest BCUT2D eigenvalue weighted by Gasteiger charge is 2.25. The normalized spacial score (nSPS) is 13.8. The predicted molar refractivity (Wildman–Crippen MR) is 45.9 cm³/mol. The van der Waals surface area contributed by atoms with Crippen LogP contribution in [0.15, 0.2) is 0 Å². The van der Waals surface area contributed by atoms with Gasteiger partial charge in [-0.25, -0.2) is 4.79 Å². The number of hydrogen-bond donors (Lipinski definition) is 2. The second-order valence-electron chi connectivity index (χ2n) is 3.74. The molecule has 4 heteroatoms. The number of amides is 1. The van der Waals surface area contributed by atoms with E-state index in [2.05, 4.69) is 10.1 Å². The highest BCUT2D eigenvalue weighted by Crippen LogP contribution is 2.18. The molecule has 0 rings (SSSR count). The van der Waals surface area contributed by atoms with Crippen LogP contribution in [0.2, 0.25) is 0 Å². The van der Waals surface area contributed by atoms with Crippen molar-refractivity contribution < 1.29 is 14.6 Å². The Balaban J connectivity index is 4.09. The van der Waals surface area contributed by atoms with Crippen LogP contribution in [0.4, 0.5) is 4.79 Å². The molecule has 1 amide bonds. The Morgan fingerprint density at radius 3 is 2.33 bits per heavy atom. The molecule has 0 spiro atoms. The van der Waals surface area contributed by atoms with Crippen molar-refractivity contribution in [3.05, 3.63) is 0 Å². The molecule has 0 aromatic rings. The van der Waals surface area contributed by atoms with E-state index in [1.165, 1.54) is 7.11 Å². The highest BCUT2D eigenvalue weighted by molar-refractivity contribution is 5.67. The lowest BCUT2D eigenvalue weighted by atomic mass is 9.87. The first kappa shape index (κ1) is 11.2. The van der Waals surface area contributed by atoms with Crippen LogP contribution >= 0.6 is 0 Å². The quantitative estimate of drug-likeness (QED) is 0.651. The summed E-state index contributed by atoms with van der Waals surface area (Å²) in [7, 11) is 1.30. The Bertz CT molecular complexity index is 151. The van der Waals surface area contributed by atoms with Gasteiger partial charge in [0.2, 0.25) is 0 Å². The summed E-state index contributed by atoms with van der Waals surface area (Å²) in [6.07, 6.45) is -0.510. The van der Waals surface area contributed by atoms with Gasteiger partial charge in [0, 0.05) is 0 Å². The number of alkyl carbamates (subject to hydrolysis) is 1. The minimum atomic E-state index is -0.510. The Hall–Kier alpha value is -0.770. The van der Waals surface area contributed by atoms with Gasteiger partial charge < -0.3 is 15.2 Å². The average Bonchev–Trinajstić information content (AvgIpc) is 1.97. The van der Waals surface area contributed by atoms with Crippen molar-refractivity contribution in [2.75, 3.05) is 13.7 Å². The summed E-state index contributed by atoms with van der Waals surface area (Å²) in [6.45, 7) is 5.72. The van der Waals surface area contributed by atoms with Crippen LogP contribution in [0.1, 0.15) is 20.8 Å². The Morgan fingerprint density at radius 2 is 2.08 bits per heavy atom. The van der Waals surface area contributed by atoms with Crippen LogP contribution in [0.25, 0.3) is 0 Å². The molecule has 72 valence electrons. The summed E-state index contributed by atoms with van der Waals surface area (Å²) < 4.78 is 4.42. The zero-order valence-electron chi connectivity index (χ0n) is 8.05. The Labute approximate surface area is 72.9 Å². The van der Waals surface area contributed by atoms with Crippen molar-refractivity contribution in [3.8, 4) is 0 Å². The molecular weight excluding hydrogens is 158 g/mol. The number of aliphatic hydroxyl groups is 1. The van der Waals surface area contributed by atoms with Crippen molar-refractivity contribution in [2.45, 2.75) is 26.8 Å². The van der Waals surface area contributed by atoms with Crippen LogP contribution in [-0.4, -0.2) is 31.0 Å². The van der Waals surface area contributed by atoms with Gasteiger partial charge in [0.25, 0.3) is 0 Å². The molecule has 2 N–H and O–H groups in total. The SMILES string of the molecule is COC(=O)N[C@@H](CO)C(C)(C)C. The van der Waals surface area contributed by atoms with Crippen LogP contribution in [-0.2, 0) is 4.74 Å². The molecule has 0 saturated carbocycles. The van der Waals surface area contributed by atoms with Crippen LogP contribution < -0.4 is 5.32 Å². The van der Waals surface area contributed by atoms with E-state index >= 15 is 0 Å². The van der Waals surface area contributed by atoms with Gasteiger partial charge in [0.15, 0.2) is 0 Å². The summed E-state index contributed by atoms with van der Waals surface area (Å²) in [5, 5.41) is 11.5. The third kappa shape index (κ3) is 3.57. The zero-order valence-corrected chi connectivity index (χ0v) is 8.05. The number of hydrogen-bond acceptors (Lipinski definition) is 3. The molecule has 0 bridgehead atoms. The van der Waals surface area contributed by atoms with E-state index in [1.54, 1.807) is 0 Å². The topological polar surface area (TPSA) is 58.6 Å². The summed E-state index contributed by atoms with van der Waals surface area (Å²) in [6, 6.07) is -0.273. The maximum Gasteiger partial charge on any atom is 0.407 e. The number of nitrogens with one attached hydrogen (secondary N) is 1. The summed E-state index contributed by atoms with van der Waals surface area (Å²) in [4.78, 5) is 10.8. The summed E-state index contributed by atoms with van der Waals surface area (Å²) in [5.74, 6) is 0. The second-order valence-corrected chi connectivity index (χ2v) is 3.74. The predicted octanol–water partition coefficient (Wildman–Crippen LogP) is 0.749. The van der Waals surface area contributed by atoms with Crippen LogP contribution in [0.5, 0.6) is 0 Å². The lowest BCUT2D eigenvalue weighted by molar-refractivity contribution is 0.127. The largest absolute Gasteiger partial charge is 0.453 e. The Morgan fingerprint density at radius 1 is 1.58 bits per heavy atom. The van der Waals surface area contributed by atoms with E-state index in [4.69, 9.17) is 5.11 Å². The third-order valence-corrected chi connectivity index (χ3v) is 1.71. The lowest BCUT2D eigenvalue weighted by Crippen LogP contribution is -2.46. The van der Waals surface area contributed by atoms with E-state index in [0.717, 1.165) is 0 Å². The van der Waals surface area contributed by atoms with Gasteiger partial charge in [-0.2, -0.15) is 0 Å². The number of methoxy groups -OCH3 is 1. The molecule has 0 saturated heterocycles. The van der Waals surface area contributed by atoms with E-state index in [0.29, 0.717) is 0 Å². The fraction of sp³-hybridized carbons (Fsp3) is 0.875. The second kappa shape index (κ2) is 4.30. The van der Waals surface area contributed by atoms with Crippen molar-refractivity contribution >= 4 is 6.09 Å². The maximum atomic E-state index is 10.8. The highest BCUT2D eigenvalue weighted by atomic mass is 16.5. The molecule has 0 heterocycles. The summed E-state index contributed by atoms with van der Waals surface area (Å²) >= 11 is 0. The van der Waals surface area contributed by atoms with Gasteiger partial charge in [0.1, 0.15) is 0 Å². The van der Waals surface area contributed by atoms with E-state index in [1.807, 2.05) is 20.8 Å². The minimum Gasteiger partial charge on any atom is -0.453 e. The van der Waals surface area contributed by atoms with Gasteiger partial charge in [-0.3, -0.25) is 0 Å². The van der Waals surface area contributed by atoms with Crippen molar-refractivity contribution in [3.63, 3.8) is 0 Å². The van der Waals surface area contributed by atoms with Crippen LogP contribution in [0, 0.1) is 5.41 Å².